The molecule has 8 nitrogen and oxygen atoms in total. The molecule has 0 aromatic heterocycles. The van der Waals surface area contributed by atoms with Crippen LogP contribution < -0.4 is 0 Å². The summed E-state index contributed by atoms with van der Waals surface area (Å²) in [6.07, 6.45) is 0.993. The van der Waals surface area contributed by atoms with Crippen molar-refractivity contribution in [2.75, 3.05) is 0 Å². The van der Waals surface area contributed by atoms with Crippen molar-refractivity contribution in [2.45, 2.75) is 31.8 Å². The Morgan fingerprint density at radius 2 is 1.20 bits per heavy atom. The quantitative estimate of drug-likeness (QED) is 0.302. The molecule has 0 radical (unpaired) electrons. The smallest absolute Gasteiger partial charge is 0.338 e. The van der Waals surface area contributed by atoms with Crippen molar-refractivity contribution in [1.29, 1.82) is 0 Å². The molecule has 0 aliphatic heterocycles. The molecular weight excluding hydrogens is 332 g/mol. The highest BCUT2D eigenvalue weighted by atomic mass is 16.4. The number of rotatable bonds is 12. The lowest BCUT2D eigenvalue weighted by atomic mass is 9.53. The van der Waals surface area contributed by atoms with Crippen LogP contribution in [0.15, 0.2) is 38.0 Å². The van der Waals surface area contributed by atoms with Gasteiger partial charge in [-0.05, 0) is 26.2 Å². The summed E-state index contributed by atoms with van der Waals surface area (Å²) in [5.41, 5.74) is -9.06. The van der Waals surface area contributed by atoms with Crippen molar-refractivity contribution in [3.05, 3.63) is 38.0 Å². The van der Waals surface area contributed by atoms with Crippen LogP contribution in [0.4, 0.5) is 0 Å². The van der Waals surface area contributed by atoms with Crippen LogP contribution in [0.2, 0.25) is 0 Å². The molecule has 8 heteroatoms. The normalized spacial score (nSPS) is 15.9. The summed E-state index contributed by atoms with van der Waals surface area (Å²) in [4.78, 5) is 48.2. The van der Waals surface area contributed by atoms with Crippen LogP contribution in [0.3, 0.4) is 0 Å². The fraction of sp³-hybridized carbons (Fsp3) is 0.412. The van der Waals surface area contributed by atoms with Crippen molar-refractivity contribution in [3.63, 3.8) is 0 Å². The van der Waals surface area contributed by atoms with Crippen LogP contribution in [-0.2, 0) is 19.2 Å². The van der Waals surface area contributed by atoms with Crippen molar-refractivity contribution in [1.82, 2.24) is 0 Å². The molecular formula is C17H22O8. The van der Waals surface area contributed by atoms with E-state index in [2.05, 4.69) is 19.7 Å². The van der Waals surface area contributed by atoms with E-state index in [1.54, 1.807) is 0 Å². The van der Waals surface area contributed by atoms with E-state index in [1.165, 1.54) is 0 Å². The third-order valence-electron chi connectivity index (χ3n) is 4.43. The van der Waals surface area contributed by atoms with Crippen LogP contribution in [0.1, 0.15) is 26.2 Å². The molecule has 4 N–H and O–H groups in total. The first-order valence-electron chi connectivity index (χ1n) is 7.22. The number of carbonyl (C=O) groups is 4. The van der Waals surface area contributed by atoms with Gasteiger partial charge in [0, 0.05) is 0 Å². The van der Waals surface area contributed by atoms with E-state index in [9.17, 15) is 39.6 Å². The average Bonchev–Trinajstić information content (AvgIpc) is 2.50. The maximum atomic E-state index is 12.2. The molecule has 0 spiro atoms. The number of ketones is 1. The van der Waals surface area contributed by atoms with Crippen molar-refractivity contribution >= 4 is 23.7 Å². The number of carbonyl (C=O) groups excluding carboxylic acids is 1. The molecule has 0 aliphatic rings. The Labute approximate surface area is 144 Å². The van der Waals surface area contributed by atoms with Gasteiger partial charge in [-0.2, -0.15) is 0 Å². The second kappa shape index (κ2) is 7.89. The third-order valence-corrected chi connectivity index (χ3v) is 4.43. The van der Waals surface area contributed by atoms with Crippen molar-refractivity contribution in [3.8, 4) is 0 Å². The largest absolute Gasteiger partial charge is 0.481 e. The number of aliphatic hydroxyl groups is 1. The van der Waals surface area contributed by atoms with Gasteiger partial charge in [0.05, 0.1) is 0 Å². The predicted octanol–water partition coefficient (Wildman–Crippen LogP) is 1.26. The summed E-state index contributed by atoms with van der Waals surface area (Å²) < 4.78 is 0. The molecule has 0 saturated carbocycles. The minimum Gasteiger partial charge on any atom is -0.481 e. The maximum absolute atomic E-state index is 12.2. The Bertz CT molecular complexity index is 594. The molecule has 0 rings (SSSR count). The summed E-state index contributed by atoms with van der Waals surface area (Å²) in [6.45, 7) is 10.8. The number of allylic oxidation sites excluding steroid dienone is 3. The lowest BCUT2D eigenvalue weighted by molar-refractivity contribution is -0.219. The number of carboxylic acid groups (broad SMARTS) is 3. The van der Waals surface area contributed by atoms with E-state index in [1.807, 2.05) is 0 Å². The number of hydrogen-bond donors (Lipinski definition) is 4. The average molecular weight is 354 g/mol. The highest BCUT2D eigenvalue weighted by Crippen LogP contribution is 2.52. The van der Waals surface area contributed by atoms with Crippen LogP contribution in [0.5, 0.6) is 0 Å². The molecule has 0 fully saturated rings. The first-order valence-corrected chi connectivity index (χ1v) is 7.22. The van der Waals surface area contributed by atoms with E-state index in [0.29, 0.717) is 0 Å². The number of aliphatic carboxylic acids is 3. The topological polar surface area (TPSA) is 149 Å². The Hall–Kier alpha value is -2.74. The molecule has 0 aliphatic carbocycles. The van der Waals surface area contributed by atoms with Gasteiger partial charge in [0.25, 0.3) is 0 Å². The summed E-state index contributed by atoms with van der Waals surface area (Å²) >= 11 is 0. The minimum atomic E-state index is -3.50. The van der Waals surface area contributed by atoms with Gasteiger partial charge in [0.1, 0.15) is 5.41 Å². The Kier molecular flexibility index (Phi) is 7.02. The molecule has 0 heterocycles. The fourth-order valence-electron chi connectivity index (χ4n) is 3.15. The van der Waals surface area contributed by atoms with Crippen LogP contribution in [0.25, 0.3) is 0 Å². The predicted molar refractivity (Wildman–Crippen MR) is 87.8 cm³/mol. The SMILES string of the molecule is C=CCC(CC=C)(C(=O)O)C(O)(C(=O)O)C(CC=C)(C(C)=O)C(=O)O. The molecule has 0 aromatic carbocycles. The van der Waals surface area contributed by atoms with Gasteiger partial charge in [-0.3, -0.25) is 14.4 Å². The first kappa shape index (κ1) is 22.3. The zero-order chi connectivity index (χ0) is 20.1. The molecule has 0 saturated heterocycles. The Balaban J connectivity index is 7.35. The van der Waals surface area contributed by atoms with E-state index in [4.69, 9.17) is 0 Å². The number of carboxylic acids is 3. The van der Waals surface area contributed by atoms with Gasteiger partial charge in [0.2, 0.25) is 5.60 Å². The molecule has 138 valence electrons. The zero-order valence-electron chi connectivity index (χ0n) is 13.9. The summed E-state index contributed by atoms with van der Waals surface area (Å²) in [7, 11) is 0. The highest BCUT2D eigenvalue weighted by molar-refractivity contribution is 6.10. The third kappa shape index (κ3) is 3.00. The second-order valence-electron chi connectivity index (χ2n) is 5.65. The zero-order valence-corrected chi connectivity index (χ0v) is 13.9. The number of hydrogen-bond acceptors (Lipinski definition) is 5. The number of Topliss-reactive ketones (excluding diaryl/α,β-unsaturated/α-hetero) is 1. The first-order chi connectivity index (χ1) is 11.5. The molecule has 0 aromatic rings. The van der Waals surface area contributed by atoms with E-state index >= 15 is 0 Å². The van der Waals surface area contributed by atoms with Crippen molar-refractivity contribution in [2.24, 2.45) is 10.8 Å². The summed E-state index contributed by atoms with van der Waals surface area (Å²) in [6, 6.07) is 0. The second-order valence-corrected chi connectivity index (χ2v) is 5.65. The van der Waals surface area contributed by atoms with Gasteiger partial charge in [-0.15, -0.1) is 19.7 Å². The van der Waals surface area contributed by atoms with Gasteiger partial charge < -0.3 is 20.4 Å². The van der Waals surface area contributed by atoms with Gasteiger partial charge in [-0.1, -0.05) is 18.2 Å². The molecule has 25 heavy (non-hydrogen) atoms. The standard InChI is InChI=1S/C17H22O8/c1-5-8-15(9-6-2,12(19)20)17(25,14(23)24)16(10-7-3,11(4)18)13(21)22/h5-7,25H,1-3,8-10H2,4H3,(H,19,20)(H,21,22)(H,23,24). The molecule has 0 bridgehead atoms. The summed E-state index contributed by atoms with van der Waals surface area (Å²) in [5, 5.41) is 40.2. The molecule has 2 atom stereocenters. The monoisotopic (exact) mass is 354 g/mol. The molecule has 2 unspecified atom stereocenters. The lowest BCUT2D eigenvalue weighted by Crippen LogP contribution is -2.71. The fourth-order valence-corrected chi connectivity index (χ4v) is 3.15. The van der Waals surface area contributed by atoms with Crippen LogP contribution in [-0.4, -0.2) is 49.7 Å². The molecule has 0 amide bonds. The summed E-state index contributed by atoms with van der Waals surface area (Å²) in [5.74, 6) is -7.14. The highest BCUT2D eigenvalue weighted by Gasteiger charge is 2.74. The van der Waals surface area contributed by atoms with E-state index in [-0.39, 0.29) is 0 Å². The van der Waals surface area contributed by atoms with Gasteiger partial charge in [0.15, 0.2) is 11.2 Å². The van der Waals surface area contributed by atoms with Crippen LogP contribution >= 0.6 is 0 Å². The Morgan fingerprint density at radius 1 is 0.800 bits per heavy atom. The minimum absolute atomic E-state index is 0.614. The Morgan fingerprint density at radius 3 is 1.40 bits per heavy atom. The van der Waals surface area contributed by atoms with E-state index < -0.39 is 59.4 Å². The van der Waals surface area contributed by atoms with E-state index in [0.717, 1.165) is 25.2 Å². The van der Waals surface area contributed by atoms with Crippen LogP contribution in [0, 0.1) is 10.8 Å². The lowest BCUT2D eigenvalue weighted by Gasteiger charge is -2.48. The van der Waals surface area contributed by atoms with Gasteiger partial charge in [-0.25, -0.2) is 4.79 Å². The van der Waals surface area contributed by atoms with Gasteiger partial charge >= 0.3 is 17.9 Å². The maximum Gasteiger partial charge on any atom is 0.338 e. The van der Waals surface area contributed by atoms with Crippen molar-refractivity contribution < 1.29 is 39.6 Å².